The monoisotopic (exact) mass is 151 g/mol. The van der Waals surface area contributed by atoms with Crippen molar-refractivity contribution in [1.29, 1.82) is 0 Å². The predicted molar refractivity (Wildman–Crippen MR) is 42.3 cm³/mol. The van der Waals surface area contributed by atoms with Crippen molar-refractivity contribution >= 4 is 21.1 Å². The normalized spacial score (nSPS) is 16.1. The van der Waals surface area contributed by atoms with Crippen LogP contribution in [-0.2, 0) is 0 Å². The van der Waals surface area contributed by atoms with Gasteiger partial charge in [-0.3, -0.25) is 0 Å². The molecule has 0 fully saturated rings. The number of alkyl halides is 1. The van der Waals surface area contributed by atoms with Crippen molar-refractivity contribution in [2.24, 2.45) is 0 Å². The van der Waals surface area contributed by atoms with E-state index in [1.807, 2.05) is 7.05 Å². The molecule has 0 rings (SSSR count). The summed E-state index contributed by atoms with van der Waals surface area (Å²) in [6, 6.07) is 0. The van der Waals surface area contributed by atoms with E-state index >= 15 is 0 Å². The third-order valence-corrected chi connectivity index (χ3v) is 3.51. The lowest BCUT2D eigenvalue weighted by atomic mass is 10.6. The van der Waals surface area contributed by atoms with Gasteiger partial charge in [0, 0.05) is 0 Å². The number of hydrogen-bond acceptors (Lipinski definition) is 1. The zero-order valence-corrected chi connectivity index (χ0v) is 7.91. The van der Waals surface area contributed by atoms with Gasteiger partial charge in [0.1, 0.15) is 0 Å². The fourth-order valence-corrected chi connectivity index (χ4v) is 2.66. The van der Waals surface area contributed by atoms with E-state index < -0.39 is 0 Å². The van der Waals surface area contributed by atoms with Gasteiger partial charge in [-0.05, 0) is 7.05 Å². The van der Waals surface area contributed by atoms with E-state index in [0.29, 0.717) is 0 Å². The number of halogens is 1. The molecule has 0 amide bonds. The van der Waals surface area contributed by atoms with Crippen LogP contribution in [0.25, 0.3) is 0 Å². The molecule has 3 heteroatoms. The van der Waals surface area contributed by atoms with Crippen LogP contribution in [0.2, 0.25) is 5.54 Å². The van der Waals surface area contributed by atoms with E-state index in [0.717, 1.165) is 5.54 Å². The Balaban J connectivity index is 3.10. The van der Waals surface area contributed by atoms with Crippen molar-refractivity contribution < 1.29 is 0 Å². The summed E-state index contributed by atoms with van der Waals surface area (Å²) in [5.74, 6) is 0. The molecule has 0 saturated carbocycles. The molecule has 1 nitrogen and oxygen atoms in total. The largest absolute Gasteiger partial charge is 0.308 e. The summed E-state index contributed by atoms with van der Waals surface area (Å²) in [5, 5.41) is 3.31. The summed E-state index contributed by atoms with van der Waals surface area (Å²) in [5.41, 5.74) is 0.824. The molecule has 0 bridgehead atoms. The predicted octanol–water partition coefficient (Wildman–Crippen LogP) is 0.725. The van der Waals surface area contributed by atoms with Gasteiger partial charge in [0.25, 0.3) is 0 Å². The molecule has 0 aliphatic heterocycles. The zero-order valence-electron chi connectivity index (χ0n) is 5.74. The lowest BCUT2D eigenvalue weighted by Crippen LogP contribution is -2.26. The molecule has 0 radical (unpaired) electrons. The zero-order chi connectivity index (χ0) is 6.57. The summed E-state index contributed by atoms with van der Waals surface area (Å²) in [4.78, 5) is 0. The van der Waals surface area contributed by atoms with E-state index in [9.17, 15) is 0 Å². The second kappa shape index (κ2) is 4.36. The molecule has 0 aliphatic carbocycles. The van der Waals surface area contributed by atoms with Gasteiger partial charge in [-0.25, -0.2) is 0 Å². The first-order valence-corrected chi connectivity index (χ1v) is 5.05. The van der Waals surface area contributed by atoms with Crippen LogP contribution in [0.4, 0.5) is 0 Å². The maximum Gasteiger partial charge on any atom is 0.0656 e. The molecule has 1 N–H and O–H groups in total. The fraction of sp³-hybridized carbons (Fsp3) is 1.00. The molecule has 0 aromatic carbocycles. The van der Waals surface area contributed by atoms with Crippen molar-refractivity contribution in [3.8, 4) is 0 Å². The maximum absolute atomic E-state index is 5.81. The topological polar surface area (TPSA) is 12.0 Å². The number of rotatable bonds is 3. The fourth-order valence-electron chi connectivity index (χ4n) is 0.532. The Labute approximate surface area is 58.6 Å². The van der Waals surface area contributed by atoms with Crippen molar-refractivity contribution in [3.05, 3.63) is 0 Å². The molecule has 0 aliphatic rings. The highest BCUT2D eigenvalue weighted by molar-refractivity contribution is 6.53. The standard InChI is InChI=1S/C5H14ClNSi/c1-4(2)8-5(6)7-3/h4-5,7H,8H2,1-3H3. The summed E-state index contributed by atoms with van der Waals surface area (Å²) < 4.78 is 0. The Morgan fingerprint density at radius 2 is 2.00 bits per heavy atom. The lowest BCUT2D eigenvalue weighted by Gasteiger charge is -2.08. The van der Waals surface area contributed by atoms with Gasteiger partial charge in [-0.15, -0.1) is 11.6 Å². The molecule has 0 heterocycles. The Morgan fingerprint density at radius 3 is 2.12 bits per heavy atom. The Hall–Kier alpha value is 0.467. The minimum atomic E-state index is -0.0752. The van der Waals surface area contributed by atoms with Crippen LogP contribution in [0.5, 0.6) is 0 Å². The second-order valence-electron chi connectivity index (χ2n) is 2.39. The van der Waals surface area contributed by atoms with Gasteiger partial charge in [-0.2, -0.15) is 0 Å². The Morgan fingerprint density at radius 1 is 1.50 bits per heavy atom. The highest BCUT2D eigenvalue weighted by Gasteiger charge is 2.02. The molecular weight excluding hydrogens is 138 g/mol. The maximum atomic E-state index is 5.81. The SMILES string of the molecule is CNC(Cl)[SiH2]C(C)C. The third-order valence-electron chi connectivity index (χ3n) is 0.992. The van der Waals surface area contributed by atoms with Gasteiger partial charge < -0.3 is 5.32 Å². The van der Waals surface area contributed by atoms with E-state index in [4.69, 9.17) is 11.6 Å². The summed E-state index contributed by atoms with van der Waals surface area (Å²) >= 11 is 5.81. The first-order chi connectivity index (χ1) is 3.66. The van der Waals surface area contributed by atoms with E-state index in [1.54, 1.807) is 0 Å². The number of hydrogen-bond donors (Lipinski definition) is 1. The summed E-state index contributed by atoms with van der Waals surface area (Å²) in [7, 11) is 1.83. The molecule has 0 spiro atoms. The van der Waals surface area contributed by atoms with Gasteiger partial charge in [0.2, 0.25) is 0 Å². The second-order valence-corrected chi connectivity index (χ2v) is 6.35. The van der Waals surface area contributed by atoms with Crippen LogP contribution >= 0.6 is 11.6 Å². The quantitative estimate of drug-likeness (QED) is 0.356. The van der Waals surface area contributed by atoms with Crippen LogP contribution in [0.15, 0.2) is 0 Å². The summed E-state index contributed by atoms with van der Waals surface area (Å²) in [6.45, 7) is 4.44. The average Bonchev–Trinajstić information content (AvgIpc) is 1.65. The molecule has 50 valence electrons. The van der Waals surface area contributed by atoms with E-state index in [2.05, 4.69) is 19.2 Å². The molecule has 1 atom stereocenters. The Bertz CT molecular complexity index is 58.4. The first-order valence-electron chi connectivity index (χ1n) is 2.98. The Kier molecular flexibility index (Phi) is 4.61. The molecule has 0 aromatic heterocycles. The number of nitrogens with one attached hydrogen (secondary N) is 1. The van der Waals surface area contributed by atoms with Gasteiger partial charge in [-0.1, -0.05) is 19.4 Å². The van der Waals surface area contributed by atoms with Crippen molar-refractivity contribution in [3.63, 3.8) is 0 Å². The molecule has 0 aromatic rings. The smallest absolute Gasteiger partial charge is 0.0656 e. The first kappa shape index (κ1) is 8.47. The van der Waals surface area contributed by atoms with Crippen LogP contribution in [0.1, 0.15) is 13.8 Å². The molecule has 8 heavy (non-hydrogen) atoms. The van der Waals surface area contributed by atoms with Crippen LogP contribution in [0, 0.1) is 0 Å². The van der Waals surface area contributed by atoms with Crippen LogP contribution in [-0.4, -0.2) is 21.7 Å². The minimum absolute atomic E-state index is 0.0752. The highest BCUT2D eigenvalue weighted by atomic mass is 35.5. The minimum Gasteiger partial charge on any atom is -0.308 e. The molecule has 1 unspecified atom stereocenters. The van der Waals surface area contributed by atoms with Gasteiger partial charge in [0.15, 0.2) is 0 Å². The average molecular weight is 152 g/mol. The van der Waals surface area contributed by atoms with Gasteiger partial charge in [0.05, 0.1) is 14.6 Å². The summed E-state index contributed by atoms with van der Waals surface area (Å²) in [6.07, 6.45) is 0. The highest BCUT2D eigenvalue weighted by Crippen LogP contribution is 2.01. The van der Waals surface area contributed by atoms with E-state index in [1.165, 1.54) is 0 Å². The lowest BCUT2D eigenvalue weighted by molar-refractivity contribution is 0.885. The van der Waals surface area contributed by atoms with Crippen LogP contribution in [0.3, 0.4) is 0 Å². The third kappa shape index (κ3) is 4.62. The van der Waals surface area contributed by atoms with Crippen LogP contribution < -0.4 is 5.32 Å². The van der Waals surface area contributed by atoms with Gasteiger partial charge >= 0.3 is 0 Å². The van der Waals surface area contributed by atoms with Crippen molar-refractivity contribution in [2.45, 2.75) is 24.5 Å². The van der Waals surface area contributed by atoms with E-state index in [-0.39, 0.29) is 14.6 Å². The van der Waals surface area contributed by atoms with Crippen molar-refractivity contribution in [1.82, 2.24) is 5.32 Å². The molecule has 0 saturated heterocycles. The molecular formula is C5H14ClNSi. The van der Waals surface area contributed by atoms with Crippen molar-refractivity contribution in [2.75, 3.05) is 7.05 Å².